The maximum absolute atomic E-state index is 5.78. The second-order valence-corrected chi connectivity index (χ2v) is 3.82. The normalized spacial score (nSPS) is 11.0. The van der Waals surface area contributed by atoms with Crippen LogP contribution in [0.1, 0.15) is 25.7 Å². The quantitative estimate of drug-likeness (QED) is 0.819. The van der Waals surface area contributed by atoms with Gasteiger partial charge in [-0.2, -0.15) is 0 Å². The number of nitrogen functional groups attached to an aromatic ring is 1. The molecule has 2 rings (SSSR count). The van der Waals surface area contributed by atoms with Crippen molar-refractivity contribution in [3.63, 3.8) is 0 Å². The van der Waals surface area contributed by atoms with Gasteiger partial charge in [0.05, 0.1) is 0 Å². The van der Waals surface area contributed by atoms with E-state index in [1.165, 1.54) is 0 Å². The smallest absolute Gasteiger partial charge is 0.186 e. The van der Waals surface area contributed by atoms with Crippen LogP contribution in [0.25, 0.3) is 11.5 Å². The van der Waals surface area contributed by atoms with Crippen LogP contribution in [0.4, 0.5) is 5.82 Å². The molecule has 0 radical (unpaired) electrons. The molecule has 0 aliphatic heterocycles. The second-order valence-electron chi connectivity index (χ2n) is 3.82. The topological polar surface area (TPSA) is 82.5 Å². The number of aryl methyl sites for hydroxylation is 1. The Labute approximate surface area is 93.6 Å². The van der Waals surface area contributed by atoms with Crippen molar-refractivity contribution in [2.24, 2.45) is 0 Å². The van der Waals surface area contributed by atoms with Crippen molar-refractivity contribution < 1.29 is 0 Å². The lowest BCUT2D eigenvalue weighted by molar-refractivity contribution is 0.586. The third-order valence-corrected chi connectivity index (χ3v) is 2.32. The second kappa shape index (κ2) is 3.88. The average Bonchev–Trinajstić information content (AvgIpc) is 2.61. The predicted molar refractivity (Wildman–Crippen MR) is 60.6 cm³/mol. The fraction of sp³-hybridized carbons (Fsp3) is 0.400. The predicted octanol–water partition coefficient (Wildman–Crippen LogP) is 1.21. The van der Waals surface area contributed by atoms with E-state index in [4.69, 9.17) is 5.73 Å². The standard InChI is InChI=1S/C10H14N6/c1-6(2)16-7(3)14-15-10(16)8-9(11)13-5-4-12-8/h4-6H,1-3H3,(H2,11,13). The van der Waals surface area contributed by atoms with Gasteiger partial charge in [-0.15, -0.1) is 10.2 Å². The minimum Gasteiger partial charge on any atom is -0.382 e. The van der Waals surface area contributed by atoms with Gasteiger partial charge in [-0.1, -0.05) is 0 Å². The van der Waals surface area contributed by atoms with E-state index in [-0.39, 0.29) is 6.04 Å². The molecule has 0 unspecified atom stereocenters. The van der Waals surface area contributed by atoms with Crippen LogP contribution >= 0.6 is 0 Å². The van der Waals surface area contributed by atoms with Gasteiger partial charge in [-0.25, -0.2) is 9.97 Å². The summed E-state index contributed by atoms with van der Waals surface area (Å²) in [6.45, 7) is 6.03. The van der Waals surface area contributed by atoms with Gasteiger partial charge >= 0.3 is 0 Å². The molecule has 0 aromatic carbocycles. The minimum absolute atomic E-state index is 0.256. The van der Waals surface area contributed by atoms with Crippen LogP contribution in [0.15, 0.2) is 12.4 Å². The summed E-state index contributed by atoms with van der Waals surface area (Å²) in [5.74, 6) is 1.88. The van der Waals surface area contributed by atoms with Crippen LogP contribution in [0.5, 0.6) is 0 Å². The van der Waals surface area contributed by atoms with Gasteiger partial charge in [0.25, 0.3) is 0 Å². The highest BCUT2D eigenvalue weighted by Gasteiger charge is 2.16. The van der Waals surface area contributed by atoms with E-state index in [1.54, 1.807) is 12.4 Å². The summed E-state index contributed by atoms with van der Waals surface area (Å²) in [6.07, 6.45) is 3.15. The van der Waals surface area contributed by atoms with Crippen LogP contribution in [0.2, 0.25) is 0 Å². The van der Waals surface area contributed by atoms with E-state index in [9.17, 15) is 0 Å². The van der Waals surface area contributed by atoms with Gasteiger partial charge in [-0.3, -0.25) is 0 Å². The zero-order valence-corrected chi connectivity index (χ0v) is 9.55. The average molecular weight is 218 g/mol. The Morgan fingerprint density at radius 3 is 2.50 bits per heavy atom. The van der Waals surface area contributed by atoms with Crippen LogP contribution < -0.4 is 5.73 Å². The van der Waals surface area contributed by atoms with E-state index in [2.05, 4.69) is 34.0 Å². The molecule has 0 aliphatic carbocycles. The Hall–Kier alpha value is -1.98. The summed E-state index contributed by atoms with van der Waals surface area (Å²) in [6, 6.07) is 0.256. The van der Waals surface area contributed by atoms with Gasteiger partial charge in [0, 0.05) is 18.4 Å². The molecule has 2 heterocycles. The van der Waals surface area contributed by atoms with E-state index < -0.39 is 0 Å². The summed E-state index contributed by atoms with van der Waals surface area (Å²) in [4.78, 5) is 8.19. The fourth-order valence-electron chi connectivity index (χ4n) is 1.67. The van der Waals surface area contributed by atoms with Crippen LogP contribution in [0.3, 0.4) is 0 Å². The summed E-state index contributed by atoms with van der Waals surface area (Å²) in [7, 11) is 0. The zero-order valence-electron chi connectivity index (χ0n) is 9.55. The molecule has 16 heavy (non-hydrogen) atoms. The number of hydrogen-bond donors (Lipinski definition) is 1. The summed E-state index contributed by atoms with van der Waals surface area (Å²) in [5, 5.41) is 8.14. The van der Waals surface area contributed by atoms with Crippen molar-refractivity contribution in [3.05, 3.63) is 18.2 Å². The van der Waals surface area contributed by atoms with E-state index in [1.807, 2.05) is 11.5 Å². The zero-order chi connectivity index (χ0) is 11.7. The SMILES string of the molecule is Cc1nnc(-c2nccnc2N)n1C(C)C. The summed E-state index contributed by atoms with van der Waals surface area (Å²) < 4.78 is 1.99. The molecule has 84 valence electrons. The Bertz CT molecular complexity index is 502. The van der Waals surface area contributed by atoms with Crippen molar-refractivity contribution in [2.75, 3.05) is 5.73 Å². The Morgan fingerprint density at radius 2 is 1.88 bits per heavy atom. The number of nitrogens with two attached hydrogens (primary N) is 1. The molecular weight excluding hydrogens is 204 g/mol. The monoisotopic (exact) mass is 218 g/mol. The summed E-state index contributed by atoms with van der Waals surface area (Å²) in [5.41, 5.74) is 6.36. The Balaban J connectivity index is 2.61. The molecule has 0 spiro atoms. The molecule has 2 N–H and O–H groups in total. The van der Waals surface area contributed by atoms with Gasteiger partial charge in [0.15, 0.2) is 11.6 Å². The van der Waals surface area contributed by atoms with E-state index >= 15 is 0 Å². The van der Waals surface area contributed by atoms with Gasteiger partial charge in [0.2, 0.25) is 0 Å². The van der Waals surface area contributed by atoms with Crippen molar-refractivity contribution in [2.45, 2.75) is 26.8 Å². The maximum Gasteiger partial charge on any atom is 0.186 e. The first-order chi connectivity index (χ1) is 7.61. The third-order valence-electron chi connectivity index (χ3n) is 2.32. The highest BCUT2D eigenvalue weighted by Crippen LogP contribution is 2.23. The fourth-order valence-corrected chi connectivity index (χ4v) is 1.67. The molecule has 6 heteroatoms. The molecule has 0 fully saturated rings. The first-order valence-corrected chi connectivity index (χ1v) is 5.09. The number of nitrogens with zero attached hydrogens (tertiary/aromatic N) is 5. The molecule has 6 nitrogen and oxygen atoms in total. The van der Waals surface area contributed by atoms with Crippen LogP contribution in [-0.2, 0) is 0 Å². The summed E-state index contributed by atoms with van der Waals surface area (Å²) >= 11 is 0. The Kier molecular flexibility index (Phi) is 2.55. The minimum atomic E-state index is 0.256. The number of anilines is 1. The lowest BCUT2D eigenvalue weighted by Crippen LogP contribution is -2.08. The molecule has 0 aliphatic rings. The molecule has 0 saturated carbocycles. The molecule has 0 atom stereocenters. The highest BCUT2D eigenvalue weighted by atomic mass is 15.3. The highest BCUT2D eigenvalue weighted by molar-refractivity contribution is 5.63. The molecule has 2 aromatic heterocycles. The lowest BCUT2D eigenvalue weighted by atomic mass is 10.3. The van der Waals surface area contributed by atoms with Crippen molar-refractivity contribution in [1.29, 1.82) is 0 Å². The first-order valence-electron chi connectivity index (χ1n) is 5.09. The molecule has 0 amide bonds. The number of hydrogen-bond acceptors (Lipinski definition) is 5. The molecule has 2 aromatic rings. The van der Waals surface area contributed by atoms with E-state index in [0.717, 1.165) is 5.82 Å². The number of rotatable bonds is 2. The molecule has 0 bridgehead atoms. The first kappa shape index (κ1) is 10.5. The van der Waals surface area contributed by atoms with Crippen molar-refractivity contribution in [3.8, 4) is 11.5 Å². The van der Waals surface area contributed by atoms with E-state index in [0.29, 0.717) is 17.3 Å². The maximum atomic E-state index is 5.78. The van der Waals surface area contributed by atoms with Crippen LogP contribution in [-0.4, -0.2) is 24.7 Å². The number of aromatic nitrogens is 5. The third kappa shape index (κ3) is 1.62. The van der Waals surface area contributed by atoms with Crippen molar-refractivity contribution >= 4 is 5.82 Å². The lowest BCUT2D eigenvalue weighted by Gasteiger charge is -2.12. The van der Waals surface area contributed by atoms with Gasteiger partial charge in [0.1, 0.15) is 11.5 Å². The van der Waals surface area contributed by atoms with Gasteiger partial charge in [-0.05, 0) is 20.8 Å². The largest absolute Gasteiger partial charge is 0.382 e. The Morgan fingerprint density at radius 1 is 1.19 bits per heavy atom. The molecular formula is C10H14N6. The van der Waals surface area contributed by atoms with Crippen molar-refractivity contribution in [1.82, 2.24) is 24.7 Å². The molecule has 0 saturated heterocycles. The van der Waals surface area contributed by atoms with Gasteiger partial charge < -0.3 is 10.3 Å². The van der Waals surface area contributed by atoms with Crippen LogP contribution in [0, 0.1) is 6.92 Å².